The number of hydrogen-bond acceptors (Lipinski definition) is 7. The SMILES string of the molecule is COCCCn1c(SC(C)C(=O)NCc2ccc(C(=O)OC)cc2)n[nH]c1=O. The predicted octanol–water partition coefficient (Wildman–Crippen LogP) is 1.19. The molecule has 0 fully saturated rings. The molecule has 1 aromatic carbocycles. The van der Waals surface area contributed by atoms with E-state index in [1.54, 1.807) is 38.3 Å². The molecule has 28 heavy (non-hydrogen) atoms. The maximum absolute atomic E-state index is 12.4. The molecule has 10 heteroatoms. The minimum atomic E-state index is -0.439. The lowest BCUT2D eigenvalue weighted by Crippen LogP contribution is -2.31. The van der Waals surface area contributed by atoms with Gasteiger partial charge < -0.3 is 14.8 Å². The Morgan fingerprint density at radius 2 is 2.00 bits per heavy atom. The van der Waals surface area contributed by atoms with Crippen LogP contribution in [0.15, 0.2) is 34.2 Å². The van der Waals surface area contributed by atoms with Crippen LogP contribution in [0.4, 0.5) is 0 Å². The summed E-state index contributed by atoms with van der Waals surface area (Å²) >= 11 is 1.21. The molecular weight excluding hydrogens is 384 g/mol. The van der Waals surface area contributed by atoms with E-state index in [0.29, 0.717) is 36.8 Å². The van der Waals surface area contributed by atoms with Gasteiger partial charge in [0.05, 0.1) is 17.9 Å². The smallest absolute Gasteiger partial charge is 0.343 e. The molecule has 1 unspecified atom stereocenters. The van der Waals surface area contributed by atoms with E-state index in [1.165, 1.54) is 23.4 Å². The Morgan fingerprint density at radius 1 is 1.29 bits per heavy atom. The number of esters is 1. The van der Waals surface area contributed by atoms with Crippen molar-refractivity contribution < 1.29 is 19.1 Å². The standard InChI is InChI=1S/C18H24N4O5S/c1-12(28-18-21-20-17(25)22(18)9-4-10-26-2)15(23)19-11-13-5-7-14(8-6-13)16(24)27-3/h5-8,12H,4,9-11H2,1-3H3,(H,19,23)(H,20,25). The van der Waals surface area contributed by atoms with Crippen LogP contribution < -0.4 is 11.0 Å². The highest BCUT2D eigenvalue weighted by molar-refractivity contribution is 8.00. The second-order valence-electron chi connectivity index (χ2n) is 5.98. The number of hydrogen-bond donors (Lipinski definition) is 2. The fourth-order valence-corrected chi connectivity index (χ4v) is 3.28. The summed E-state index contributed by atoms with van der Waals surface area (Å²) < 4.78 is 11.1. The van der Waals surface area contributed by atoms with Gasteiger partial charge in [0.1, 0.15) is 0 Å². The lowest BCUT2D eigenvalue weighted by atomic mass is 10.1. The summed E-state index contributed by atoms with van der Waals surface area (Å²) in [5.74, 6) is -0.586. The van der Waals surface area contributed by atoms with Crippen molar-refractivity contribution in [1.29, 1.82) is 0 Å². The fraction of sp³-hybridized carbons (Fsp3) is 0.444. The van der Waals surface area contributed by atoms with Crippen LogP contribution in [0.2, 0.25) is 0 Å². The molecule has 9 nitrogen and oxygen atoms in total. The summed E-state index contributed by atoms with van der Waals surface area (Å²) in [5.41, 5.74) is 0.998. The molecule has 0 saturated carbocycles. The third-order valence-electron chi connectivity index (χ3n) is 3.95. The van der Waals surface area contributed by atoms with Crippen molar-refractivity contribution in [2.75, 3.05) is 20.8 Å². The summed E-state index contributed by atoms with van der Waals surface area (Å²) in [6.45, 7) is 3.07. The molecule has 0 bridgehead atoms. The van der Waals surface area contributed by atoms with Crippen molar-refractivity contribution >= 4 is 23.6 Å². The number of methoxy groups -OCH3 is 2. The largest absolute Gasteiger partial charge is 0.465 e. The van der Waals surface area contributed by atoms with Gasteiger partial charge in [-0.15, -0.1) is 5.10 Å². The van der Waals surface area contributed by atoms with Gasteiger partial charge in [-0.2, -0.15) is 0 Å². The van der Waals surface area contributed by atoms with Crippen LogP contribution in [-0.4, -0.2) is 52.7 Å². The molecule has 1 atom stereocenters. The second kappa shape index (κ2) is 10.7. The van der Waals surface area contributed by atoms with Crippen molar-refractivity contribution in [1.82, 2.24) is 20.1 Å². The molecule has 0 aliphatic carbocycles. The second-order valence-corrected chi connectivity index (χ2v) is 7.28. The van der Waals surface area contributed by atoms with E-state index < -0.39 is 11.2 Å². The lowest BCUT2D eigenvalue weighted by Gasteiger charge is -2.12. The van der Waals surface area contributed by atoms with Gasteiger partial charge in [-0.3, -0.25) is 9.36 Å². The molecule has 2 N–H and O–H groups in total. The van der Waals surface area contributed by atoms with Crippen molar-refractivity contribution in [2.24, 2.45) is 0 Å². The van der Waals surface area contributed by atoms with E-state index >= 15 is 0 Å². The zero-order valence-electron chi connectivity index (χ0n) is 16.1. The van der Waals surface area contributed by atoms with Gasteiger partial charge in [0.15, 0.2) is 5.16 Å². The number of ether oxygens (including phenoxy) is 2. The predicted molar refractivity (Wildman–Crippen MR) is 104 cm³/mol. The van der Waals surface area contributed by atoms with Gasteiger partial charge in [0, 0.05) is 26.8 Å². The van der Waals surface area contributed by atoms with Gasteiger partial charge in [-0.25, -0.2) is 14.7 Å². The van der Waals surface area contributed by atoms with E-state index in [0.717, 1.165) is 5.56 Å². The molecule has 1 aromatic heterocycles. The van der Waals surface area contributed by atoms with Gasteiger partial charge in [-0.1, -0.05) is 23.9 Å². The van der Waals surface area contributed by atoms with E-state index in [4.69, 9.17) is 4.74 Å². The van der Waals surface area contributed by atoms with Crippen molar-refractivity contribution in [3.05, 3.63) is 45.9 Å². The third kappa shape index (κ3) is 5.96. The van der Waals surface area contributed by atoms with E-state index in [2.05, 4.69) is 20.3 Å². The van der Waals surface area contributed by atoms with Crippen LogP contribution in [0, 0.1) is 0 Å². The maximum Gasteiger partial charge on any atom is 0.343 e. The number of aromatic amines is 1. The van der Waals surface area contributed by atoms with Crippen LogP contribution in [-0.2, 0) is 27.4 Å². The summed E-state index contributed by atoms with van der Waals surface area (Å²) in [6.07, 6.45) is 0.672. The average molecular weight is 408 g/mol. The first-order valence-electron chi connectivity index (χ1n) is 8.72. The summed E-state index contributed by atoms with van der Waals surface area (Å²) in [5, 5.41) is 9.27. The molecule has 1 amide bonds. The molecule has 2 aromatic rings. The van der Waals surface area contributed by atoms with Gasteiger partial charge >= 0.3 is 11.7 Å². The van der Waals surface area contributed by atoms with Gasteiger partial charge in [-0.05, 0) is 31.0 Å². The Balaban J connectivity index is 1.89. The third-order valence-corrected chi connectivity index (χ3v) is 5.04. The number of aromatic nitrogens is 3. The number of carbonyl (C=O) groups is 2. The minimum absolute atomic E-state index is 0.180. The van der Waals surface area contributed by atoms with Crippen molar-refractivity contribution in [2.45, 2.75) is 36.8 Å². The molecule has 2 rings (SSSR count). The number of rotatable bonds is 10. The molecule has 0 aliphatic heterocycles. The number of carbonyl (C=O) groups excluding carboxylic acids is 2. The van der Waals surface area contributed by atoms with Gasteiger partial charge in [0.2, 0.25) is 5.91 Å². The number of nitrogens with zero attached hydrogens (tertiary/aromatic N) is 2. The number of nitrogens with one attached hydrogen (secondary N) is 2. The summed E-state index contributed by atoms with van der Waals surface area (Å²) in [6, 6.07) is 6.80. The topological polar surface area (TPSA) is 115 Å². The number of benzene rings is 1. The highest BCUT2D eigenvalue weighted by Gasteiger charge is 2.19. The number of amides is 1. The summed E-state index contributed by atoms with van der Waals surface area (Å²) in [4.78, 5) is 35.7. The molecule has 0 saturated heterocycles. The first-order valence-corrected chi connectivity index (χ1v) is 9.60. The van der Waals surface area contributed by atoms with E-state index in [-0.39, 0.29) is 11.6 Å². The summed E-state index contributed by atoms with van der Waals surface area (Å²) in [7, 11) is 2.93. The Bertz CT molecular complexity index is 846. The fourth-order valence-electron chi connectivity index (χ4n) is 2.38. The first kappa shape index (κ1) is 21.7. The zero-order chi connectivity index (χ0) is 20.5. The van der Waals surface area contributed by atoms with E-state index in [1.807, 2.05) is 0 Å². The molecule has 0 spiro atoms. The molecule has 1 heterocycles. The molecule has 0 aliphatic rings. The van der Waals surface area contributed by atoms with Crippen LogP contribution in [0.5, 0.6) is 0 Å². The average Bonchev–Trinajstić information content (AvgIpc) is 3.05. The van der Waals surface area contributed by atoms with Crippen LogP contribution in [0.25, 0.3) is 0 Å². The Morgan fingerprint density at radius 3 is 2.64 bits per heavy atom. The van der Waals surface area contributed by atoms with Gasteiger partial charge in [0.25, 0.3) is 0 Å². The van der Waals surface area contributed by atoms with Crippen molar-refractivity contribution in [3.63, 3.8) is 0 Å². The van der Waals surface area contributed by atoms with Crippen molar-refractivity contribution in [3.8, 4) is 0 Å². The van der Waals surface area contributed by atoms with Crippen LogP contribution in [0.3, 0.4) is 0 Å². The number of H-pyrrole nitrogens is 1. The molecular formula is C18H24N4O5S. The molecule has 152 valence electrons. The Kier molecular flexibility index (Phi) is 8.27. The van der Waals surface area contributed by atoms with Crippen LogP contribution >= 0.6 is 11.8 Å². The van der Waals surface area contributed by atoms with Crippen LogP contribution in [0.1, 0.15) is 29.3 Å². The lowest BCUT2D eigenvalue weighted by molar-refractivity contribution is -0.120. The Labute approximate surface area is 166 Å². The first-order chi connectivity index (χ1) is 13.5. The minimum Gasteiger partial charge on any atom is -0.465 e. The zero-order valence-corrected chi connectivity index (χ0v) is 16.9. The quantitative estimate of drug-likeness (QED) is 0.345. The Hall–Kier alpha value is -2.59. The normalized spacial score (nSPS) is 11.8. The maximum atomic E-state index is 12.4. The molecule has 0 radical (unpaired) electrons. The highest BCUT2D eigenvalue weighted by Crippen LogP contribution is 2.20. The monoisotopic (exact) mass is 408 g/mol. The highest BCUT2D eigenvalue weighted by atomic mass is 32.2. The van der Waals surface area contributed by atoms with E-state index in [9.17, 15) is 14.4 Å². The number of thioether (sulfide) groups is 1.